The van der Waals surface area contributed by atoms with Crippen molar-refractivity contribution in [3.05, 3.63) is 29.8 Å². The van der Waals surface area contributed by atoms with Crippen molar-refractivity contribution in [2.45, 2.75) is 46.0 Å². The van der Waals surface area contributed by atoms with Gasteiger partial charge in [0.2, 0.25) is 11.8 Å². The van der Waals surface area contributed by atoms with E-state index in [4.69, 9.17) is 4.74 Å². The molecule has 1 aliphatic rings. The van der Waals surface area contributed by atoms with Gasteiger partial charge in [0.05, 0.1) is 7.11 Å². The van der Waals surface area contributed by atoms with Crippen LogP contribution in [0.5, 0.6) is 5.75 Å². The SMILES string of the molecule is CCN(CC)C(=O)C1CCC(C(=O)NCCc2cccc(OC)c2)CC1. The predicted octanol–water partition coefficient (Wildman–Crippen LogP) is 3.03. The summed E-state index contributed by atoms with van der Waals surface area (Å²) < 4.78 is 5.22. The summed E-state index contributed by atoms with van der Waals surface area (Å²) in [6, 6.07) is 7.92. The van der Waals surface area contributed by atoms with Crippen LogP contribution >= 0.6 is 0 Å². The van der Waals surface area contributed by atoms with Crippen LogP contribution < -0.4 is 10.1 Å². The Kier molecular flexibility index (Phi) is 7.95. The molecule has 2 rings (SSSR count). The van der Waals surface area contributed by atoms with Gasteiger partial charge in [-0.1, -0.05) is 12.1 Å². The Morgan fingerprint density at radius 3 is 2.38 bits per heavy atom. The summed E-state index contributed by atoms with van der Waals surface area (Å²) in [6.45, 7) is 6.19. The van der Waals surface area contributed by atoms with E-state index in [0.29, 0.717) is 6.54 Å². The van der Waals surface area contributed by atoms with Gasteiger partial charge in [0.15, 0.2) is 0 Å². The van der Waals surface area contributed by atoms with Gasteiger partial charge in [0, 0.05) is 31.5 Å². The summed E-state index contributed by atoms with van der Waals surface area (Å²) in [7, 11) is 1.65. The fourth-order valence-electron chi connectivity index (χ4n) is 3.70. The lowest BCUT2D eigenvalue weighted by Gasteiger charge is -2.30. The molecule has 1 saturated carbocycles. The highest BCUT2D eigenvalue weighted by Crippen LogP contribution is 2.30. The average Bonchev–Trinajstić information content (AvgIpc) is 2.69. The molecular formula is C21H32N2O3. The van der Waals surface area contributed by atoms with E-state index in [9.17, 15) is 9.59 Å². The van der Waals surface area contributed by atoms with E-state index < -0.39 is 0 Å². The molecule has 0 saturated heterocycles. The van der Waals surface area contributed by atoms with Crippen molar-refractivity contribution in [2.75, 3.05) is 26.7 Å². The first-order valence-electron chi connectivity index (χ1n) is 9.78. The molecule has 5 nitrogen and oxygen atoms in total. The van der Waals surface area contributed by atoms with Crippen molar-refractivity contribution in [1.82, 2.24) is 10.2 Å². The smallest absolute Gasteiger partial charge is 0.225 e. The van der Waals surface area contributed by atoms with Gasteiger partial charge in [0.25, 0.3) is 0 Å². The number of benzene rings is 1. The average molecular weight is 360 g/mol. The van der Waals surface area contributed by atoms with Crippen molar-refractivity contribution < 1.29 is 14.3 Å². The van der Waals surface area contributed by atoms with Crippen LogP contribution in [0.2, 0.25) is 0 Å². The largest absolute Gasteiger partial charge is 0.497 e. The number of ether oxygens (including phenoxy) is 1. The van der Waals surface area contributed by atoms with E-state index in [1.165, 1.54) is 0 Å². The van der Waals surface area contributed by atoms with E-state index >= 15 is 0 Å². The molecule has 0 aromatic heterocycles. The second-order valence-electron chi connectivity index (χ2n) is 6.95. The van der Waals surface area contributed by atoms with E-state index in [-0.39, 0.29) is 23.7 Å². The summed E-state index contributed by atoms with van der Waals surface area (Å²) in [5.74, 6) is 1.36. The summed E-state index contributed by atoms with van der Waals surface area (Å²) in [5.41, 5.74) is 1.15. The molecule has 1 fully saturated rings. The molecule has 1 aromatic carbocycles. The van der Waals surface area contributed by atoms with Crippen molar-refractivity contribution in [3.8, 4) is 5.75 Å². The summed E-state index contributed by atoms with van der Waals surface area (Å²) in [4.78, 5) is 26.7. The van der Waals surface area contributed by atoms with Gasteiger partial charge in [0.1, 0.15) is 5.75 Å². The van der Waals surface area contributed by atoms with Gasteiger partial charge in [-0.25, -0.2) is 0 Å². The Morgan fingerprint density at radius 1 is 1.12 bits per heavy atom. The molecule has 2 amide bonds. The topological polar surface area (TPSA) is 58.6 Å². The summed E-state index contributed by atoms with van der Waals surface area (Å²) in [6.07, 6.45) is 4.05. The van der Waals surface area contributed by atoms with Crippen molar-refractivity contribution in [3.63, 3.8) is 0 Å². The predicted molar refractivity (Wildman–Crippen MR) is 103 cm³/mol. The maximum absolute atomic E-state index is 12.4. The minimum absolute atomic E-state index is 0.0427. The normalized spacial score (nSPS) is 19.7. The van der Waals surface area contributed by atoms with Crippen LogP contribution in [0.4, 0.5) is 0 Å². The Labute approximate surface area is 157 Å². The molecule has 0 spiro atoms. The first kappa shape index (κ1) is 20.3. The van der Waals surface area contributed by atoms with Gasteiger partial charge in [-0.3, -0.25) is 9.59 Å². The van der Waals surface area contributed by atoms with E-state index in [0.717, 1.165) is 56.5 Å². The van der Waals surface area contributed by atoms with Gasteiger partial charge in [-0.2, -0.15) is 0 Å². The third kappa shape index (κ3) is 5.48. The molecule has 5 heteroatoms. The molecule has 26 heavy (non-hydrogen) atoms. The number of methoxy groups -OCH3 is 1. The number of amides is 2. The van der Waals surface area contributed by atoms with Crippen molar-refractivity contribution in [1.29, 1.82) is 0 Å². The van der Waals surface area contributed by atoms with Crippen molar-refractivity contribution >= 4 is 11.8 Å². The lowest BCUT2D eigenvalue weighted by molar-refractivity contribution is -0.138. The molecular weight excluding hydrogens is 328 g/mol. The number of nitrogens with one attached hydrogen (secondary N) is 1. The minimum Gasteiger partial charge on any atom is -0.497 e. The molecule has 1 N–H and O–H groups in total. The standard InChI is InChI=1S/C21H32N2O3/c1-4-23(5-2)21(25)18-11-9-17(10-12-18)20(24)22-14-13-16-7-6-8-19(15-16)26-3/h6-8,15,17-18H,4-5,9-14H2,1-3H3,(H,22,24). The lowest BCUT2D eigenvalue weighted by atomic mass is 9.81. The molecule has 144 valence electrons. The first-order chi connectivity index (χ1) is 12.6. The number of hydrogen-bond acceptors (Lipinski definition) is 3. The van der Waals surface area contributed by atoms with Crippen LogP contribution in [-0.2, 0) is 16.0 Å². The third-order valence-corrected chi connectivity index (χ3v) is 5.37. The molecule has 0 bridgehead atoms. The van der Waals surface area contributed by atoms with Crippen molar-refractivity contribution in [2.24, 2.45) is 11.8 Å². The lowest BCUT2D eigenvalue weighted by Crippen LogP contribution is -2.40. The van der Waals surface area contributed by atoms with Gasteiger partial charge in [-0.15, -0.1) is 0 Å². The fourth-order valence-corrected chi connectivity index (χ4v) is 3.70. The maximum atomic E-state index is 12.4. The van der Waals surface area contributed by atoms with E-state index in [2.05, 4.69) is 5.32 Å². The van der Waals surface area contributed by atoms with E-state index in [1.807, 2.05) is 43.0 Å². The highest BCUT2D eigenvalue weighted by Gasteiger charge is 2.31. The summed E-state index contributed by atoms with van der Waals surface area (Å²) >= 11 is 0. The second kappa shape index (κ2) is 10.2. The number of rotatable bonds is 8. The number of carbonyl (C=O) groups is 2. The molecule has 0 atom stereocenters. The summed E-state index contributed by atoms with van der Waals surface area (Å²) in [5, 5.41) is 3.05. The second-order valence-corrected chi connectivity index (χ2v) is 6.95. The monoisotopic (exact) mass is 360 g/mol. The Balaban J connectivity index is 1.73. The Bertz CT molecular complexity index is 591. The number of carbonyl (C=O) groups excluding carboxylic acids is 2. The van der Waals surface area contributed by atoms with Crippen LogP contribution in [0.3, 0.4) is 0 Å². The van der Waals surface area contributed by atoms with Crippen LogP contribution in [0.25, 0.3) is 0 Å². The molecule has 0 radical (unpaired) electrons. The molecule has 0 heterocycles. The van der Waals surface area contributed by atoms with Crippen LogP contribution in [0.15, 0.2) is 24.3 Å². The minimum atomic E-state index is 0.0427. The zero-order valence-corrected chi connectivity index (χ0v) is 16.3. The maximum Gasteiger partial charge on any atom is 0.225 e. The zero-order valence-electron chi connectivity index (χ0n) is 16.3. The van der Waals surface area contributed by atoms with Crippen LogP contribution in [0, 0.1) is 11.8 Å². The first-order valence-corrected chi connectivity index (χ1v) is 9.78. The fraction of sp³-hybridized carbons (Fsp3) is 0.619. The van der Waals surface area contributed by atoms with Gasteiger partial charge < -0.3 is 15.0 Å². The molecule has 0 aliphatic heterocycles. The molecule has 0 unspecified atom stereocenters. The number of nitrogens with zero attached hydrogens (tertiary/aromatic N) is 1. The van der Waals surface area contributed by atoms with E-state index in [1.54, 1.807) is 7.11 Å². The quantitative estimate of drug-likeness (QED) is 0.775. The van der Waals surface area contributed by atoms with Gasteiger partial charge in [-0.05, 0) is 63.6 Å². The molecule has 1 aromatic rings. The Morgan fingerprint density at radius 2 is 1.77 bits per heavy atom. The zero-order chi connectivity index (χ0) is 18.9. The molecule has 1 aliphatic carbocycles. The highest BCUT2D eigenvalue weighted by atomic mass is 16.5. The number of hydrogen-bond donors (Lipinski definition) is 1. The van der Waals surface area contributed by atoms with Crippen LogP contribution in [0.1, 0.15) is 45.1 Å². The van der Waals surface area contributed by atoms with Crippen LogP contribution in [-0.4, -0.2) is 43.5 Å². The van der Waals surface area contributed by atoms with Gasteiger partial charge >= 0.3 is 0 Å². The third-order valence-electron chi connectivity index (χ3n) is 5.37. The Hall–Kier alpha value is -2.04. The highest BCUT2D eigenvalue weighted by molar-refractivity contribution is 5.81.